The molecule has 0 aromatic heterocycles. The van der Waals surface area contributed by atoms with Crippen molar-refractivity contribution in [3.05, 3.63) is 58.4 Å². The van der Waals surface area contributed by atoms with Crippen LogP contribution in [-0.4, -0.2) is 12.6 Å². The van der Waals surface area contributed by atoms with E-state index in [1.807, 2.05) is 0 Å². The van der Waals surface area contributed by atoms with Gasteiger partial charge in [-0.3, -0.25) is 4.79 Å². The topological polar surface area (TPSA) is 35.5 Å². The molecule has 1 fully saturated rings. The third-order valence-electron chi connectivity index (χ3n) is 6.86. The van der Waals surface area contributed by atoms with Gasteiger partial charge in [-0.1, -0.05) is 38.0 Å². The van der Waals surface area contributed by atoms with Gasteiger partial charge >= 0.3 is 5.97 Å². The zero-order valence-corrected chi connectivity index (χ0v) is 18.6. The zero-order chi connectivity index (χ0) is 22.8. The Morgan fingerprint density at radius 2 is 1.62 bits per heavy atom. The highest BCUT2D eigenvalue weighted by molar-refractivity contribution is 5.83. The van der Waals surface area contributed by atoms with Crippen LogP contribution in [0.25, 0.3) is 0 Å². The first kappa shape index (κ1) is 22.7. The van der Waals surface area contributed by atoms with Gasteiger partial charge in [0.2, 0.25) is 5.82 Å². The summed E-state index contributed by atoms with van der Waals surface area (Å²) in [6.07, 6.45) is 6.12. The summed E-state index contributed by atoms with van der Waals surface area (Å²) in [6, 6.07) is 6.16. The second-order valence-electron chi connectivity index (χ2n) is 8.86. The average molecular weight is 447 g/mol. The summed E-state index contributed by atoms with van der Waals surface area (Å²) in [4.78, 5) is 12.6. The van der Waals surface area contributed by atoms with Gasteiger partial charge in [0.1, 0.15) is 0 Å². The van der Waals surface area contributed by atoms with Gasteiger partial charge in [-0.15, -0.1) is 0 Å². The molecule has 2 aromatic rings. The molecule has 4 rings (SSSR count). The van der Waals surface area contributed by atoms with Gasteiger partial charge in [-0.2, -0.15) is 4.39 Å². The van der Waals surface area contributed by atoms with Crippen LogP contribution in [0.2, 0.25) is 0 Å². The molecule has 0 amide bonds. The van der Waals surface area contributed by atoms with Crippen molar-refractivity contribution in [2.45, 2.75) is 70.6 Å². The Morgan fingerprint density at radius 3 is 2.31 bits per heavy atom. The molecule has 1 aliphatic carbocycles. The molecule has 0 radical (unpaired) electrons. The van der Waals surface area contributed by atoms with Gasteiger partial charge in [0.05, 0.1) is 12.5 Å². The van der Waals surface area contributed by atoms with Crippen LogP contribution in [0.3, 0.4) is 0 Å². The summed E-state index contributed by atoms with van der Waals surface area (Å²) < 4.78 is 55.2. The molecule has 32 heavy (non-hydrogen) atoms. The molecule has 172 valence electrons. The Morgan fingerprint density at radius 1 is 0.938 bits per heavy atom. The maximum absolute atomic E-state index is 15.1. The van der Waals surface area contributed by atoms with Gasteiger partial charge in [0, 0.05) is 5.56 Å². The smallest absolute Gasteiger partial charge is 0.319 e. The van der Waals surface area contributed by atoms with Gasteiger partial charge in [0.15, 0.2) is 23.1 Å². The van der Waals surface area contributed by atoms with Crippen molar-refractivity contribution in [3.63, 3.8) is 0 Å². The molecule has 6 heteroatoms. The predicted octanol–water partition coefficient (Wildman–Crippen LogP) is 6.82. The zero-order valence-electron chi connectivity index (χ0n) is 18.6. The van der Waals surface area contributed by atoms with Crippen LogP contribution in [-0.2, 0) is 11.2 Å². The van der Waals surface area contributed by atoms with E-state index >= 15 is 8.78 Å². The highest BCUT2D eigenvalue weighted by Crippen LogP contribution is 2.42. The molecular formula is C26H29F3O3. The Bertz CT molecular complexity index is 996. The first-order chi connectivity index (χ1) is 15.4. The fourth-order valence-corrected chi connectivity index (χ4v) is 5.16. The predicted molar refractivity (Wildman–Crippen MR) is 116 cm³/mol. The van der Waals surface area contributed by atoms with Crippen LogP contribution in [0.5, 0.6) is 11.5 Å². The SMILES string of the molecule is CCCC1CCC(c2ccc(C3Cc4ccc(OCC)c(F)c4OC3=O)c(F)c2F)CC1. The molecule has 2 aromatic carbocycles. The molecule has 0 bridgehead atoms. The number of rotatable bonds is 6. The van der Waals surface area contributed by atoms with Crippen LogP contribution in [0, 0.1) is 23.4 Å². The summed E-state index contributed by atoms with van der Waals surface area (Å²) in [5, 5.41) is 0. The minimum Gasteiger partial charge on any atom is -0.491 e. The highest BCUT2D eigenvalue weighted by Gasteiger charge is 2.36. The van der Waals surface area contributed by atoms with Crippen molar-refractivity contribution >= 4 is 5.97 Å². The molecule has 0 spiro atoms. The maximum atomic E-state index is 15.1. The first-order valence-electron chi connectivity index (χ1n) is 11.6. The third kappa shape index (κ3) is 4.24. The van der Waals surface area contributed by atoms with E-state index in [-0.39, 0.29) is 36.0 Å². The number of carbonyl (C=O) groups is 1. The van der Waals surface area contributed by atoms with E-state index in [9.17, 15) is 9.18 Å². The van der Waals surface area contributed by atoms with Crippen LogP contribution in [0.15, 0.2) is 24.3 Å². The summed E-state index contributed by atoms with van der Waals surface area (Å²) in [7, 11) is 0. The largest absolute Gasteiger partial charge is 0.491 e. The Balaban J connectivity index is 1.56. The van der Waals surface area contributed by atoms with E-state index < -0.39 is 29.3 Å². The van der Waals surface area contributed by atoms with Crippen LogP contribution in [0.4, 0.5) is 13.2 Å². The lowest BCUT2D eigenvalue weighted by molar-refractivity contribution is -0.137. The minimum atomic E-state index is -1.02. The number of ether oxygens (including phenoxy) is 2. The molecule has 3 nitrogen and oxygen atoms in total. The van der Waals surface area contributed by atoms with E-state index in [0.717, 1.165) is 32.1 Å². The van der Waals surface area contributed by atoms with E-state index in [4.69, 9.17) is 9.47 Å². The highest BCUT2D eigenvalue weighted by atomic mass is 19.2. The summed E-state index contributed by atoms with van der Waals surface area (Å²) in [5.41, 5.74) is 0.766. The van der Waals surface area contributed by atoms with Gasteiger partial charge in [-0.25, -0.2) is 8.78 Å². The van der Waals surface area contributed by atoms with Crippen molar-refractivity contribution in [1.29, 1.82) is 0 Å². The van der Waals surface area contributed by atoms with Crippen LogP contribution < -0.4 is 9.47 Å². The van der Waals surface area contributed by atoms with Gasteiger partial charge in [-0.05, 0) is 68.1 Å². The van der Waals surface area contributed by atoms with Crippen molar-refractivity contribution < 1.29 is 27.4 Å². The normalized spacial score (nSPS) is 22.9. The minimum absolute atomic E-state index is 0.00299. The fraction of sp³-hybridized carbons (Fsp3) is 0.500. The second-order valence-corrected chi connectivity index (χ2v) is 8.86. The van der Waals surface area contributed by atoms with Gasteiger partial charge in [0.25, 0.3) is 0 Å². The number of halogens is 3. The maximum Gasteiger partial charge on any atom is 0.319 e. The molecule has 1 unspecified atom stereocenters. The third-order valence-corrected chi connectivity index (χ3v) is 6.86. The van der Waals surface area contributed by atoms with E-state index in [0.29, 0.717) is 17.0 Å². The number of benzene rings is 2. The standard InChI is InChI=1S/C26H29F3O3/c1-3-5-15-6-8-16(9-7-15)18-11-12-19(23(28)22(18)27)20-14-17-10-13-21(31-4-2)24(29)25(17)32-26(20)30/h10-13,15-16,20H,3-9,14H2,1-2H3. The van der Waals surface area contributed by atoms with Crippen molar-refractivity contribution in [1.82, 2.24) is 0 Å². The first-order valence-corrected chi connectivity index (χ1v) is 11.6. The van der Waals surface area contributed by atoms with E-state index in [2.05, 4.69) is 6.92 Å². The van der Waals surface area contributed by atoms with E-state index in [1.165, 1.54) is 18.6 Å². The molecule has 2 aliphatic rings. The number of esters is 1. The molecule has 1 heterocycles. The average Bonchev–Trinajstić information content (AvgIpc) is 2.79. The lowest BCUT2D eigenvalue weighted by Crippen LogP contribution is -2.28. The molecule has 0 saturated heterocycles. The molecule has 1 atom stereocenters. The van der Waals surface area contributed by atoms with E-state index in [1.54, 1.807) is 19.1 Å². The Hall–Kier alpha value is -2.50. The fourth-order valence-electron chi connectivity index (χ4n) is 5.16. The number of hydrogen-bond donors (Lipinski definition) is 0. The summed E-state index contributed by atoms with van der Waals surface area (Å²) in [6.45, 7) is 4.16. The lowest BCUT2D eigenvalue weighted by atomic mass is 9.76. The molecule has 1 aliphatic heterocycles. The van der Waals surface area contributed by atoms with Gasteiger partial charge < -0.3 is 9.47 Å². The number of hydrogen-bond acceptors (Lipinski definition) is 3. The summed E-state index contributed by atoms with van der Waals surface area (Å²) in [5.74, 6) is -3.99. The van der Waals surface area contributed by atoms with Crippen molar-refractivity contribution in [2.24, 2.45) is 5.92 Å². The second kappa shape index (κ2) is 9.55. The van der Waals surface area contributed by atoms with Crippen LogP contribution >= 0.6 is 0 Å². The number of fused-ring (bicyclic) bond motifs is 1. The Kier molecular flexibility index (Phi) is 6.77. The Labute approximate surface area is 186 Å². The molecule has 1 saturated carbocycles. The number of carbonyl (C=O) groups excluding carboxylic acids is 1. The van der Waals surface area contributed by atoms with Crippen LogP contribution in [0.1, 0.15) is 80.9 Å². The quantitative estimate of drug-likeness (QED) is 0.361. The lowest BCUT2D eigenvalue weighted by Gasteiger charge is -2.29. The monoisotopic (exact) mass is 446 g/mol. The summed E-state index contributed by atoms with van der Waals surface area (Å²) >= 11 is 0. The molecular weight excluding hydrogens is 417 g/mol. The van der Waals surface area contributed by atoms with Crippen molar-refractivity contribution in [3.8, 4) is 11.5 Å². The molecule has 0 N–H and O–H groups in total. The van der Waals surface area contributed by atoms with Crippen molar-refractivity contribution in [2.75, 3.05) is 6.61 Å².